The third kappa shape index (κ3) is 5.33. The molecule has 32 heavy (non-hydrogen) atoms. The van der Waals surface area contributed by atoms with Gasteiger partial charge in [0.1, 0.15) is 16.9 Å². The molecule has 3 heterocycles. The second kappa shape index (κ2) is 9.36. The molecule has 4 rings (SSSR count). The van der Waals surface area contributed by atoms with Crippen LogP contribution < -0.4 is 0 Å². The van der Waals surface area contributed by atoms with Gasteiger partial charge in [0.25, 0.3) is 0 Å². The maximum atomic E-state index is 8.97. The molecule has 0 radical (unpaired) electrons. The molecule has 164 valence electrons. The van der Waals surface area contributed by atoms with Gasteiger partial charge in [-0.25, -0.2) is 9.97 Å². The van der Waals surface area contributed by atoms with E-state index >= 15 is 0 Å². The number of halogens is 1. The third-order valence-electron chi connectivity index (χ3n) is 5.13. The Kier molecular flexibility index (Phi) is 6.55. The number of nitrogens with zero attached hydrogens (tertiary/aromatic N) is 6. The summed E-state index contributed by atoms with van der Waals surface area (Å²) in [6.45, 7) is 8.85. The molecular weight excluding hydrogens is 484 g/mol. The molecule has 0 saturated carbocycles. The second-order valence-electron chi connectivity index (χ2n) is 8.96. The minimum atomic E-state index is -1.13. The number of rotatable bonds is 8. The van der Waals surface area contributed by atoms with Crippen LogP contribution >= 0.6 is 15.9 Å². The van der Waals surface area contributed by atoms with Gasteiger partial charge in [-0.1, -0.05) is 31.8 Å². The van der Waals surface area contributed by atoms with Crippen molar-refractivity contribution in [3.63, 3.8) is 0 Å². The minimum absolute atomic E-state index is 0.441. The van der Waals surface area contributed by atoms with Gasteiger partial charge in [-0.3, -0.25) is 4.68 Å². The molecule has 0 fully saturated rings. The molecule has 0 atom stereocenters. The molecule has 4 aromatic rings. The number of hydrogen-bond donors (Lipinski definition) is 0. The maximum absolute atomic E-state index is 8.97. The Morgan fingerprint density at radius 2 is 1.91 bits per heavy atom. The van der Waals surface area contributed by atoms with Crippen molar-refractivity contribution in [1.29, 1.82) is 5.26 Å². The highest BCUT2D eigenvalue weighted by Gasteiger charge is 2.16. The van der Waals surface area contributed by atoms with Crippen molar-refractivity contribution in [2.45, 2.75) is 39.0 Å². The quantitative estimate of drug-likeness (QED) is 0.238. The van der Waals surface area contributed by atoms with Gasteiger partial charge in [-0.05, 0) is 39.7 Å². The normalized spacial score (nSPS) is 11.7. The van der Waals surface area contributed by atoms with Gasteiger partial charge in [0.05, 0.1) is 30.6 Å². The van der Waals surface area contributed by atoms with Crippen LogP contribution in [0.3, 0.4) is 0 Å². The molecule has 0 spiro atoms. The Labute approximate surface area is 196 Å². The van der Waals surface area contributed by atoms with E-state index in [9.17, 15) is 0 Å². The summed E-state index contributed by atoms with van der Waals surface area (Å²) in [5, 5.41) is 13.5. The fourth-order valence-electron chi connectivity index (χ4n) is 3.34. The zero-order valence-electron chi connectivity index (χ0n) is 18.4. The minimum Gasteiger partial charge on any atom is -0.361 e. The number of nitriles is 1. The molecule has 0 saturated heterocycles. The number of aromatic nitrogens is 5. The van der Waals surface area contributed by atoms with Gasteiger partial charge in [0.2, 0.25) is 0 Å². The van der Waals surface area contributed by atoms with Crippen molar-refractivity contribution < 1.29 is 4.74 Å². The van der Waals surface area contributed by atoms with E-state index in [1.54, 1.807) is 6.20 Å². The summed E-state index contributed by atoms with van der Waals surface area (Å²) < 4.78 is 10.5. The molecule has 9 heteroatoms. The van der Waals surface area contributed by atoms with Crippen molar-refractivity contribution in [1.82, 2.24) is 24.3 Å². The van der Waals surface area contributed by atoms with E-state index < -0.39 is 8.07 Å². The van der Waals surface area contributed by atoms with E-state index in [2.05, 4.69) is 56.7 Å². The Hall–Kier alpha value is -2.80. The van der Waals surface area contributed by atoms with Crippen LogP contribution in [0.5, 0.6) is 0 Å². The SMILES string of the molecule is C[Si](C)(C)CCOCn1cc(-c2cnn(Cc3ccc(C#N)cc3)c2)c2nc(Br)cnc21. The number of hydrogen-bond acceptors (Lipinski definition) is 5. The van der Waals surface area contributed by atoms with Gasteiger partial charge < -0.3 is 9.30 Å². The largest absolute Gasteiger partial charge is 0.361 e. The van der Waals surface area contributed by atoms with Gasteiger partial charge in [0.15, 0.2) is 5.65 Å². The summed E-state index contributed by atoms with van der Waals surface area (Å²) in [4.78, 5) is 9.24. The predicted octanol–water partition coefficient (Wildman–Crippen LogP) is 5.29. The zero-order valence-corrected chi connectivity index (χ0v) is 21.0. The molecule has 0 unspecified atom stereocenters. The summed E-state index contributed by atoms with van der Waals surface area (Å²) >= 11 is 3.44. The van der Waals surface area contributed by atoms with Crippen LogP contribution in [-0.4, -0.2) is 39.0 Å². The summed E-state index contributed by atoms with van der Waals surface area (Å²) in [5.74, 6) is 0. The smallest absolute Gasteiger partial charge is 0.161 e. The van der Waals surface area contributed by atoms with Crippen molar-refractivity contribution in [3.05, 3.63) is 64.8 Å². The fourth-order valence-corrected chi connectivity index (χ4v) is 4.38. The van der Waals surface area contributed by atoms with Crippen LogP contribution in [0, 0.1) is 11.3 Å². The van der Waals surface area contributed by atoms with E-state index in [0.717, 1.165) is 40.5 Å². The van der Waals surface area contributed by atoms with Crippen LogP contribution in [0.1, 0.15) is 11.1 Å². The summed E-state index contributed by atoms with van der Waals surface area (Å²) in [6, 6.07) is 10.8. The highest BCUT2D eigenvalue weighted by atomic mass is 79.9. The topological polar surface area (TPSA) is 81.5 Å². The van der Waals surface area contributed by atoms with Crippen molar-refractivity contribution >= 4 is 35.2 Å². The average Bonchev–Trinajstić information content (AvgIpc) is 3.35. The van der Waals surface area contributed by atoms with E-state index in [0.29, 0.717) is 23.4 Å². The Balaban J connectivity index is 1.57. The van der Waals surface area contributed by atoms with E-state index in [1.807, 2.05) is 52.1 Å². The van der Waals surface area contributed by atoms with Gasteiger partial charge in [-0.2, -0.15) is 10.4 Å². The van der Waals surface area contributed by atoms with Gasteiger partial charge in [0, 0.05) is 38.2 Å². The first kappa shape index (κ1) is 22.4. The molecule has 1 aromatic carbocycles. The average molecular weight is 509 g/mol. The molecule has 0 aliphatic carbocycles. The van der Waals surface area contributed by atoms with Crippen LogP contribution in [0.25, 0.3) is 22.3 Å². The molecule has 0 aliphatic heterocycles. The van der Waals surface area contributed by atoms with E-state index in [1.165, 1.54) is 0 Å². The van der Waals surface area contributed by atoms with Crippen LogP contribution in [0.15, 0.2) is 53.7 Å². The standard InChI is InChI=1S/C23H25BrN6OSi/c1-32(2,3)9-8-31-16-29-15-20(22-23(29)26-12-21(24)28-22)19-11-27-30(14-19)13-18-6-4-17(10-25)5-7-18/h4-7,11-12,14-15H,8-9,13,16H2,1-3H3. The maximum Gasteiger partial charge on any atom is 0.161 e. The fraction of sp³-hybridized carbons (Fsp3) is 0.304. The molecule has 0 N–H and O–H groups in total. The highest BCUT2D eigenvalue weighted by Crippen LogP contribution is 2.29. The highest BCUT2D eigenvalue weighted by molar-refractivity contribution is 9.10. The van der Waals surface area contributed by atoms with Crippen LogP contribution in [0.4, 0.5) is 0 Å². The van der Waals surface area contributed by atoms with Crippen molar-refractivity contribution in [2.24, 2.45) is 0 Å². The Morgan fingerprint density at radius 3 is 2.62 bits per heavy atom. The number of ether oxygens (including phenoxy) is 1. The zero-order chi connectivity index (χ0) is 22.7. The lowest BCUT2D eigenvalue weighted by Gasteiger charge is -2.15. The van der Waals surface area contributed by atoms with Crippen molar-refractivity contribution in [3.8, 4) is 17.2 Å². The molecular formula is C23H25BrN6OSi. The number of benzene rings is 1. The predicted molar refractivity (Wildman–Crippen MR) is 131 cm³/mol. The van der Waals surface area contributed by atoms with E-state index in [-0.39, 0.29) is 0 Å². The Morgan fingerprint density at radius 1 is 1.12 bits per heavy atom. The lowest BCUT2D eigenvalue weighted by Crippen LogP contribution is -2.22. The summed E-state index contributed by atoms with van der Waals surface area (Å²) in [5.41, 5.74) is 5.27. The second-order valence-corrected chi connectivity index (χ2v) is 15.4. The van der Waals surface area contributed by atoms with Gasteiger partial charge >= 0.3 is 0 Å². The monoisotopic (exact) mass is 508 g/mol. The first-order valence-electron chi connectivity index (χ1n) is 10.4. The summed E-state index contributed by atoms with van der Waals surface area (Å²) in [7, 11) is -1.13. The molecule has 0 amide bonds. The lowest BCUT2D eigenvalue weighted by molar-refractivity contribution is 0.0899. The molecule has 0 bridgehead atoms. The van der Waals surface area contributed by atoms with E-state index in [4.69, 9.17) is 10.00 Å². The van der Waals surface area contributed by atoms with Crippen LogP contribution in [-0.2, 0) is 18.0 Å². The van der Waals surface area contributed by atoms with Crippen molar-refractivity contribution in [2.75, 3.05) is 6.61 Å². The molecule has 7 nitrogen and oxygen atoms in total. The Bertz CT molecular complexity index is 1270. The lowest BCUT2D eigenvalue weighted by atomic mass is 10.1. The first-order valence-corrected chi connectivity index (χ1v) is 14.9. The summed E-state index contributed by atoms with van der Waals surface area (Å²) in [6.07, 6.45) is 7.59. The first-order chi connectivity index (χ1) is 15.3. The third-order valence-corrected chi connectivity index (χ3v) is 7.22. The number of fused-ring (bicyclic) bond motifs is 1. The van der Waals surface area contributed by atoms with Crippen LogP contribution in [0.2, 0.25) is 25.7 Å². The van der Waals surface area contributed by atoms with Gasteiger partial charge in [-0.15, -0.1) is 0 Å². The molecule has 0 aliphatic rings. The molecule has 3 aromatic heterocycles.